The molecule has 1 unspecified atom stereocenters. The molecule has 0 saturated carbocycles. The van der Waals surface area contributed by atoms with Crippen LogP contribution < -0.4 is 19.5 Å². The van der Waals surface area contributed by atoms with Gasteiger partial charge >= 0.3 is 0 Å². The highest BCUT2D eigenvalue weighted by molar-refractivity contribution is 7.89. The minimum atomic E-state index is -3.81. The Balaban J connectivity index is 1.53. The fraction of sp³-hybridized carbons (Fsp3) is 0.273. The molecule has 3 aromatic rings. The van der Waals surface area contributed by atoms with Gasteiger partial charge in [0.2, 0.25) is 15.9 Å². The number of aromatic amines is 1. The molecule has 0 saturated heterocycles. The molecule has 0 radical (unpaired) electrons. The van der Waals surface area contributed by atoms with Crippen LogP contribution in [0.2, 0.25) is 0 Å². The van der Waals surface area contributed by atoms with Gasteiger partial charge in [-0.05, 0) is 24.6 Å². The van der Waals surface area contributed by atoms with Crippen molar-refractivity contribution in [1.82, 2.24) is 20.0 Å². The van der Waals surface area contributed by atoms with Gasteiger partial charge in [-0.2, -0.15) is 0 Å². The van der Waals surface area contributed by atoms with E-state index in [0.717, 1.165) is 11.3 Å². The zero-order chi connectivity index (χ0) is 23.1. The predicted octanol–water partition coefficient (Wildman–Crippen LogP) is 2.64. The number of ether oxygens (including phenoxy) is 2. The number of aromatic nitrogens is 2. The lowest BCUT2D eigenvalue weighted by Gasteiger charge is -2.13. The number of H-pyrrole nitrogens is 1. The fourth-order valence-corrected chi connectivity index (χ4v) is 4.12. The van der Waals surface area contributed by atoms with Crippen LogP contribution in [0.5, 0.6) is 11.5 Å². The van der Waals surface area contributed by atoms with Crippen molar-refractivity contribution < 1.29 is 22.7 Å². The Hall–Kier alpha value is -3.37. The number of nitrogens with zero attached hydrogens (tertiary/aromatic N) is 1. The van der Waals surface area contributed by atoms with Crippen molar-refractivity contribution in [3.63, 3.8) is 0 Å². The average Bonchev–Trinajstić information content (AvgIpc) is 3.29. The van der Waals surface area contributed by atoms with E-state index in [2.05, 4.69) is 20.0 Å². The van der Waals surface area contributed by atoms with E-state index in [-0.39, 0.29) is 29.8 Å². The first kappa shape index (κ1) is 23.3. The number of carbonyl (C=O) groups excluding carboxylic acids is 1. The van der Waals surface area contributed by atoms with Crippen molar-refractivity contribution in [3.8, 4) is 22.8 Å². The van der Waals surface area contributed by atoms with Crippen LogP contribution >= 0.6 is 0 Å². The number of amides is 1. The molecule has 1 aromatic heterocycles. The number of methoxy groups -OCH3 is 2. The standard InChI is InChI=1S/C22H26N4O5S/c1-15(22-23-14-18(26-22)16-7-5-4-6-8-16)25-21(27)11-12-24-32(28,29)17-9-10-19(30-2)20(13-17)31-3/h4-10,13-15,24H,11-12H2,1-3H3,(H,23,26)(H,25,27). The lowest BCUT2D eigenvalue weighted by molar-refractivity contribution is -0.121. The third-order valence-corrected chi connectivity index (χ3v) is 6.24. The van der Waals surface area contributed by atoms with Gasteiger partial charge in [-0.15, -0.1) is 0 Å². The molecule has 1 amide bonds. The summed E-state index contributed by atoms with van der Waals surface area (Å²) in [5, 5.41) is 2.82. The van der Waals surface area contributed by atoms with E-state index in [0.29, 0.717) is 17.3 Å². The van der Waals surface area contributed by atoms with E-state index in [9.17, 15) is 13.2 Å². The number of benzene rings is 2. The third-order valence-electron chi connectivity index (χ3n) is 4.78. The first-order valence-electron chi connectivity index (χ1n) is 9.95. The van der Waals surface area contributed by atoms with Gasteiger partial charge in [-0.3, -0.25) is 4.79 Å². The SMILES string of the molecule is COc1ccc(S(=O)(=O)NCCC(=O)NC(C)c2ncc(-c3ccccc3)[nH]2)cc1OC. The number of rotatable bonds is 10. The molecule has 0 aliphatic heterocycles. The number of hydrogen-bond acceptors (Lipinski definition) is 6. The Kier molecular flexibility index (Phi) is 7.49. The molecule has 3 N–H and O–H groups in total. The highest BCUT2D eigenvalue weighted by atomic mass is 32.2. The normalized spacial score (nSPS) is 12.2. The Labute approximate surface area is 187 Å². The molecule has 1 heterocycles. The van der Waals surface area contributed by atoms with Crippen LogP contribution in [0.1, 0.15) is 25.2 Å². The molecule has 0 spiro atoms. The van der Waals surface area contributed by atoms with Crippen molar-refractivity contribution in [2.75, 3.05) is 20.8 Å². The Morgan fingerprint density at radius 2 is 1.81 bits per heavy atom. The van der Waals surface area contributed by atoms with Crippen LogP contribution in [0.4, 0.5) is 0 Å². The number of hydrogen-bond donors (Lipinski definition) is 3. The topological polar surface area (TPSA) is 122 Å². The molecule has 170 valence electrons. The largest absolute Gasteiger partial charge is 0.493 e. The predicted molar refractivity (Wildman–Crippen MR) is 120 cm³/mol. The van der Waals surface area contributed by atoms with Gasteiger partial charge in [0.1, 0.15) is 5.82 Å². The Morgan fingerprint density at radius 1 is 1.09 bits per heavy atom. The van der Waals surface area contributed by atoms with Gasteiger partial charge in [0.25, 0.3) is 0 Å². The summed E-state index contributed by atoms with van der Waals surface area (Å²) in [6, 6.07) is 13.7. The number of imidazole rings is 1. The lowest BCUT2D eigenvalue weighted by Crippen LogP contribution is -2.32. The fourth-order valence-electron chi connectivity index (χ4n) is 3.07. The van der Waals surface area contributed by atoms with Crippen molar-refractivity contribution in [2.45, 2.75) is 24.3 Å². The molecule has 0 bridgehead atoms. The Bertz CT molecular complexity index is 1160. The van der Waals surface area contributed by atoms with E-state index in [1.165, 1.54) is 32.4 Å². The van der Waals surface area contributed by atoms with E-state index < -0.39 is 10.0 Å². The Morgan fingerprint density at radius 3 is 2.50 bits per heavy atom. The van der Waals surface area contributed by atoms with E-state index in [1.54, 1.807) is 13.1 Å². The summed E-state index contributed by atoms with van der Waals surface area (Å²) < 4.78 is 37.7. The quantitative estimate of drug-likeness (QED) is 0.429. The highest BCUT2D eigenvalue weighted by Crippen LogP contribution is 2.29. The zero-order valence-corrected chi connectivity index (χ0v) is 18.9. The first-order chi connectivity index (χ1) is 15.3. The van der Waals surface area contributed by atoms with Crippen LogP contribution in [-0.2, 0) is 14.8 Å². The number of sulfonamides is 1. The molecule has 3 rings (SSSR count). The molecular formula is C22H26N4O5S. The lowest BCUT2D eigenvalue weighted by atomic mass is 10.2. The number of nitrogens with one attached hydrogen (secondary N) is 3. The highest BCUT2D eigenvalue weighted by Gasteiger charge is 2.18. The summed E-state index contributed by atoms with van der Waals surface area (Å²) in [7, 11) is -0.913. The monoisotopic (exact) mass is 458 g/mol. The molecule has 2 aromatic carbocycles. The molecule has 0 aliphatic rings. The van der Waals surface area contributed by atoms with Gasteiger partial charge in [0.15, 0.2) is 11.5 Å². The summed E-state index contributed by atoms with van der Waals surface area (Å²) in [5.41, 5.74) is 1.85. The van der Waals surface area contributed by atoms with Crippen molar-refractivity contribution in [1.29, 1.82) is 0 Å². The van der Waals surface area contributed by atoms with Crippen LogP contribution in [0.3, 0.4) is 0 Å². The van der Waals surface area contributed by atoms with Crippen LogP contribution in [0.15, 0.2) is 59.6 Å². The first-order valence-corrected chi connectivity index (χ1v) is 11.4. The van der Waals surface area contributed by atoms with E-state index in [1.807, 2.05) is 30.3 Å². The second kappa shape index (κ2) is 10.3. The van der Waals surface area contributed by atoms with E-state index >= 15 is 0 Å². The maximum atomic E-state index is 12.5. The van der Waals surface area contributed by atoms with Gasteiger partial charge < -0.3 is 19.8 Å². The van der Waals surface area contributed by atoms with Gasteiger partial charge in [0, 0.05) is 19.0 Å². The molecular weight excluding hydrogens is 432 g/mol. The third kappa shape index (κ3) is 5.65. The van der Waals surface area contributed by atoms with Gasteiger partial charge in [0.05, 0.1) is 37.0 Å². The van der Waals surface area contributed by atoms with Gasteiger partial charge in [-0.1, -0.05) is 30.3 Å². The smallest absolute Gasteiger partial charge is 0.240 e. The van der Waals surface area contributed by atoms with Crippen LogP contribution in [0.25, 0.3) is 11.3 Å². The molecule has 0 aliphatic carbocycles. The molecule has 1 atom stereocenters. The van der Waals surface area contributed by atoms with Gasteiger partial charge in [-0.25, -0.2) is 18.1 Å². The average molecular weight is 459 g/mol. The maximum Gasteiger partial charge on any atom is 0.240 e. The second-order valence-electron chi connectivity index (χ2n) is 7.00. The summed E-state index contributed by atoms with van der Waals surface area (Å²) >= 11 is 0. The number of carbonyl (C=O) groups is 1. The summed E-state index contributed by atoms with van der Waals surface area (Å²) in [4.78, 5) is 19.8. The zero-order valence-electron chi connectivity index (χ0n) is 18.1. The molecule has 32 heavy (non-hydrogen) atoms. The van der Waals surface area contributed by atoms with Crippen molar-refractivity contribution in [2.24, 2.45) is 0 Å². The summed E-state index contributed by atoms with van der Waals surface area (Å²) in [6.45, 7) is 1.75. The summed E-state index contributed by atoms with van der Waals surface area (Å²) in [5.74, 6) is 1.04. The van der Waals surface area contributed by atoms with Crippen LogP contribution in [0, 0.1) is 0 Å². The maximum absolute atomic E-state index is 12.5. The minimum Gasteiger partial charge on any atom is -0.493 e. The molecule has 10 heteroatoms. The summed E-state index contributed by atoms with van der Waals surface area (Å²) in [6.07, 6.45) is 1.69. The molecule has 0 fully saturated rings. The van der Waals surface area contributed by atoms with Crippen molar-refractivity contribution in [3.05, 3.63) is 60.6 Å². The minimum absolute atomic E-state index is 0.0213. The van der Waals surface area contributed by atoms with Crippen LogP contribution in [-0.4, -0.2) is 45.1 Å². The van der Waals surface area contributed by atoms with E-state index in [4.69, 9.17) is 9.47 Å². The second-order valence-corrected chi connectivity index (χ2v) is 8.77. The van der Waals surface area contributed by atoms with Crippen molar-refractivity contribution >= 4 is 15.9 Å². The molecule has 9 nitrogen and oxygen atoms in total.